The summed E-state index contributed by atoms with van der Waals surface area (Å²) in [7, 11) is 0. The van der Waals surface area contributed by atoms with E-state index in [1.54, 1.807) is 30.3 Å². The van der Waals surface area contributed by atoms with Crippen molar-refractivity contribution in [3.8, 4) is 0 Å². The van der Waals surface area contributed by atoms with Crippen LogP contribution < -0.4 is 10.6 Å². The van der Waals surface area contributed by atoms with Crippen molar-refractivity contribution >= 4 is 23.5 Å². The van der Waals surface area contributed by atoms with Gasteiger partial charge < -0.3 is 15.4 Å². The van der Waals surface area contributed by atoms with Crippen molar-refractivity contribution in [3.05, 3.63) is 64.7 Å². The van der Waals surface area contributed by atoms with Gasteiger partial charge in [-0.3, -0.25) is 4.79 Å². The maximum atomic E-state index is 12.4. The predicted molar refractivity (Wildman–Crippen MR) is 104 cm³/mol. The predicted octanol–water partition coefficient (Wildman–Crippen LogP) is 3.87. The molecule has 0 unspecified atom stereocenters. The molecule has 0 atom stereocenters. The lowest BCUT2D eigenvalue weighted by Gasteiger charge is -2.13. The van der Waals surface area contributed by atoms with E-state index in [9.17, 15) is 14.4 Å². The normalized spacial score (nSPS) is 10.4. The number of ketones is 1. The Hall–Kier alpha value is -3.15. The van der Waals surface area contributed by atoms with Crippen LogP contribution in [0.2, 0.25) is 0 Å². The Labute approximate surface area is 158 Å². The number of benzene rings is 2. The molecular weight excluding hydrogens is 344 g/mol. The monoisotopic (exact) mass is 368 g/mol. The Morgan fingerprint density at radius 3 is 2.37 bits per heavy atom. The van der Waals surface area contributed by atoms with Crippen LogP contribution in [-0.4, -0.2) is 30.4 Å². The smallest absolute Gasteiger partial charge is 0.340 e. The molecule has 6 nitrogen and oxygen atoms in total. The third-order valence-electron chi connectivity index (χ3n) is 3.98. The fourth-order valence-corrected chi connectivity index (χ4v) is 2.40. The van der Waals surface area contributed by atoms with Crippen LogP contribution in [0, 0.1) is 13.8 Å². The van der Waals surface area contributed by atoms with Crippen LogP contribution in [0.1, 0.15) is 45.7 Å². The molecule has 2 N–H and O–H groups in total. The number of urea groups is 1. The summed E-state index contributed by atoms with van der Waals surface area (Å²) in [5.41, 5.74) is 3.08. The zero-order chi connectivity index (χ0) is 20.0. The lowest BCUT2D eigenvalue weighted by Crippen LogP contribution is -2.34. The van der Waals surface area contributed by atoms with Crippen LogP contribution in [0.3, 0.4) is 0 Å². The summed E-state index contributed by atoms with van der Waals surface area (Å²) >= 11 is 0. The first-order valence-corrected chi connectivity index (χ1v) is 8.72. The molecule has 0 aliphatic rings. The van der Waals surface area contributed by atoms with Gasteiger partial charge in [-0.1, -0.05) is 24.3 Å². The summed E-state index contributed by atoms with van der Waals surface area (Å²) < 4.78 is 5.16. The van der Waals surface area contributed by atoms with Crippen molar-refractivity contribution < 1.29 is 19.1 Å². The first-order chi connectivity index (χ1) is 12.8. The maximum Gasteiger partial charge on any atom is 0.340 e. The van der Waals surface area contributed by atoms with E-state index in [1.807, 2.05) is 33.8 Å². The number of para-hydroxylation sites is 1. The van der Waals surface area contributed by atoms with E-state index in [0.29, 0.717) is 11.3 Å². The molecule has 0 saturated heterocycles. The third-order valence-corrected chi connectivity index (χ3v) is 3.98. The summed E-state index contributed by atoms with van der Waals surface area (Å²) in [5, 5.41) is 5.30. The van der Waals surface area contributed by atoms with Gasteiger partial charge in [-0.2, -0.15) is 0 Å². The first kappa shape index (κ1) is 20.2. The second-order valence-corrected chi connectivity index (χ2v) is 6.60. The van der Waals surface area contributed by atoms with E-state index < -0.39 is 12.0 Å². The topological polar surface area (TPSA) is 84.5 Å². The number of carbonyl (C=O) groups is 3. The van der Waals surface area contributed by atoms with E-state index in [1.165, 1.54) is 6.07 Å². The summed E-state index contributed by atoms with van der Waals surface area (Å²) in [6.45, 7) is 7.18. The lowest BCUT2D eigenvalue weighted by molar-refractivity contribution is 0.0475. The number of carbonyl (C=O) groups excluding carboxylic acids is 3. The van der Waals surface area contributed by atoms with Gasteiger partial charge in [-0.05, 0) is 57.0 Å². The van der Waals surface area contributed by atoms with Crippen LogP contribution >= 0.6 is 0 Å². The van der Waals surface area contributed by atoms with Crippen molar-refractivity contribution in [3.63, 3.8) is 0 Å². The van der Waals surface area contributed by atoms with Gasteiger partial charge in [0.1, 0.15) is 0 Å². The molecule has 0 fully saturated rings. The average Bonchev–Trinajstić information content (AvgIpc) is 2.61. The van der Waals surface area contributed by atoms with Gasteiger partial charge in [-0.25, -0.2) is 9.59 Å². The van der Waals surface area contributed by atoms with E-state index >= 15 is 0 Å². The highest BCUT2D eigenvalue weighted by Crippen LogP contribution is 2.17. The lowest BCUT2D eigenvalue weighted by atomic mass is 10.0. The van der Waals surface area contributed by atoms with Crippen molar-refractivity contribution in [2.45, 2.75) is 33.7 Å². The fourth-order valence-electron chi connectivity index (χ4n) is 2.40. The molecule has 142 valence electrons. The number of amides is 2. The number of nitrogens with one attached hydrogen (secondary N) is 2. The third kappa shape index (κ3) is 5.67. The van der Waals surface area contributed by atoms with Gasteiger partial charge in [0.25, 0.3) is 0 Å². The quantitative estimate of drug-likeness (QED) is 0.599. The van der Waals surface area contributed by atoms with E-state index in [0.717, 1.165) is 11.1 Å². The molecule has 0 aliphatic carbocycles. The maximum absolute atomic E-state index is 12.4. The SMILES string of the molecule is Cc1ccc(C(=O)COC(=O)c2ccccc2NC(=O)NC(C)C)cc1C. The van der Waals surface area contributed by atoms with E-state index in [2.05, 4.69) is 10.6 Å². The number of aryl methyl sites for hydroxylation is 2. The van der Waals surface area contributed by atoms with E-state index in [-0.39, 0.29) is 24.0 Å². The van der Waals surface area contributed by atoms with Crippen LogP contribution in [0.4, 0.5) is 10.5 Å². The highest BCUT2D eigenvalue weighted by Gasteiger charge is 2.17. The summed E-state index contributed by atoms with van der Waals surface area (Å²) in [6.07, 6.45) is 0. The van der Waals surface area contributed by atoms with Gasteiger partial charge in [0.2, 0.25) is 0 Å². The van der Waals surface area contributed by atoms with Gasteiger partial charge in [-0.15, -0.1) is 0 Å². The van der Waals surface area contributed by atoms with E-state index in [4.69, 9.17) is 4.74 Å². The van der Waals surface area contributed by atoms with Crippen molar-refractivity contribution in [2.24, 2.45) is 0 Å². The molecule has 0 heterocycles. The average molecular weight is 368 g/mol. The highest BCUT2D eigenvalue weighted by atomic mass is 16.5. The molecule has 2 amide bonds. The molecule has 2 aromatic rings. The van der Waals surface area contributed by atoms with Crippen LogP contribution in [0.5, 0.6) is 0 Å². The van der Waals surface area contributed by atoms with Crippen LogP contribution in [0.25, 0.3) is 0 Å². The summed E-state index contributed by atoms with van der Waals surface area (Å²) in [4.78, 5) is 36.5. The van der Waals surface area contributed by atoms with Crippen molar-refractivity contribution in [1.82, 2.24) is 5.32 Å². The first-order valence-electron chi connectivity index (χ1n) is 8.72. The van der Waals surface area contributed by atoms with Crippen LogP contribution in [0.15, 0.2) is 42.5 Å². The molecule has 0 aromatic heterocycles. The van der Waals surface area contributed by atoms with Gasteiger partial charge in [0.05, 0.1) is 11.3 Å². The fraction of sp³-hybridized carbons (Fsp3) is 0.286. The Balaban J connectivity index is 2.04. The molecule has 0 bridgehead atoms. The molecule has 0 radical (unpaired) electrons. The summed E-state index contributed by atoms with van der Waals surface area (Å²) in [6, 6.07) is 11.4. The minimum atomic E-state index is -0.673. The molecular formula is C21H24N2O4. The molecule has 2 aromatic carbocycles. The minimum Gasteiger partial charge on any atom is -0.454 e. The number of ether oxygens (including phenoxy) is 1. The highest BCUT2D eigenvalue weighted by molar-refractivity contribution is 6.03. The molecule has 6 heteroatoms. The zero-order valence-corrected chi connectivity index (χ0v) is 16.0. The van der Waals surface area contributed by atoms with Crippen LogP contribution in [-0.2, 0) is 4.74 Å². The number of esters is 1. The number of hydrogen-bond donors (Lipinski definition) is 2. The zero-order valence-electron chi connectivity index (χ0n) is 16.0. The number of Topliss-reactive ketones (excluding diaryl/α,β-unsaturated/α-hetero) is 1. The van der Waals surface area contributed by atoms with Gasteiger partial charge >= 0.3 is 12.0 Å². The Kier molecular flexibility index (Phi) is 6.71. The Morgan fingerprint density at radius 2 is 1.70 bits per heavy atom. The number of rotatable bonds is 6. The Bertz CT molecular complexity index is 859. The summed E-state index contributed by atoms with van der Waals surface area (Å²) in [5.74, 6) is -0.956. The van der Waals surface area contributed by atoms with Gasteiger partial charge in [0, 0.05) is 11.6 Å². The number of anilines is 1. The minimum absolute atomic E-state index is 0.0419. The van der Waals surface area contributed by atoms with Crippen molar-refractivity contribution in [2.75, 3.05) is 11.9 Å². The Morgan fingerprint density at radius 1 is 1.00 bits per heavy atom. The largest absolute Gasteiger partial charge is 0.454 e. The molecule has 0 saturated carbocycles. The molecule has 0 spiro atoms. The standard InChI is InChI=1S/C21H24N2O4/c1-13(2)22-21(26)23-18-8-6-5-7-17(18)20(25)27-12-19(24)16-10-9-14(3)15(4)11-16/h5-11,13H,12H2,1-4H3,(H2,22,23,26). The van der Waals surface area contributed by atoms with Crippen molar-refractivity contribution in [1.29, 1.82) is 0 Å². The number of hydrogen-bond acceptors (Lipinski definition) is 4. The van der Waals surface area contributed by atoms with Gasteiger partial charge in [0.15, 0.2) is 12.4 Å². The second-order valence-electron chi connectivity index (χ2n) is 6.60. The molecule has 0 aliphatic heterocycles. The molecule has 27 heavy (non-hydrogen) atoms. The molecule has 2 rings (SSSR count). The second kappa shape index (κ2) is 8.98.